The molecule has 1 aliphatic heterocycles. The number of unbranched alkanes of at least 4 members (excludes halogenated alkanes) is 10. The van der Waals surface area contributed by atoms with E-state index < -0.39 is 32.5 Å². The van der Waals surface area contributed by atoms with E-state index in [1.165, 1.54) is 56.1 Å². The number of nitrogens with two attached hydrogens (primary N) is 1. The minimum absolute atomic E-state index is 0.0358. The van der Waals surface area contributed by atoms with Crippen molar-refractivity contribution in [2.24, 2.45) is 5.73 Å². The second-order valence-corrected chi connectivity index (χ2v) is 16.6. The fourth-order valence-electron chi connectivity index (χ4n) is 6.53. The van der Waals surface area contributed by atoms with Gasteiger partial charge in [-0.1, -0.05) is 108 Å². The lowest BCUT2D eigenvalue weighted by Gasteiger charge is -2.19. The van der Waals surface area contributed by atoms with Gasteiger partial charge in [0, 0.05) is 32.2 Å². The molecular weight excluding hydrogens is 745 g/mol. The first kappa shape index (κ1) is 50.6. The predicted molar refractivity (Wildman–Crippen MR) is 227 cm³/mol. The zero-order valence-corrected chi connectivity index (χ0v) is 36.6. The van der Waals surface area contributed by atoms with Crippen LogP contribution in [0, 0.1) is 13.8 Å². The number of allylic oxidation sites excluding steroid dienone is 5. The Morgan fingerprint density at radius 2 is 1.37 bits per heavy atom. The van der Waals surface area contributed by atoms with Crippen molar-refractivity contribution >= 4 is 19.8 Å². The third-order valence-corrected chi connectivity index (χ3v) is 11.1. The lowest BCUT2D eigenvalue weighted by molar-refractivity contribution is -0.161. The Morgan fingerprint density at radius 3 is 2.05 bits per heavy atom. The summed E-state index contributed by atoms with van der Waals surface area (Å²) in [5.74, 6) is 1.37. The number of hydrogen-bond donors (Lipinski definition) is 2. The third-order valence-electron chi connectivity index (χ3n) is 10.1. The molecule has 4 atom stereocenters. The highest BCUT2D eigenvalue weighted by Crippen LogP contribution is 2.43. The van der Waals surface area contributed by atoms with Crippen molar-refractivity contribution in [3.05, 3.63) is 59.1 Å². The molecule has 3 N–H and O–H groups in total. The Labute approximate surface area is 344 Å². The van der Waals surface area contributed by atoms with Crippen LogP contribution in [0.2, 0.25) is 0 Å². The minimum atomic E-state index is -4.41. The average Bonchev–Trinajstić information content (AvgIpc) is 3.89. The molecule has 0 amide bonds. The van der Waals surface area contributed by atoms with Gasteiger partial charge in [-0.2, -0.15) is 0 Å². The van der Waals surface area contributed by atoms with Gasteiger partial charge in [0.05, 0.1) is 25.4 Å². The van der Waals surface area contributed by atoms with Crippen LogP contribution in [0.15, 0.2) is 40.9 Å². The minimum Gasteiger partial charge on any atom is -0.466 e. The summed E-state index contributed by atoms with van der Waals surface area (Å²) >= 11 is 0. The van der Waals surface area contributed by atoms with E-state index in [1.54, 1.807) is 0 Å². The Bertz CT molecular complexity index is 1370. The van der Waals surface area contributed by atoms with Crippen LogP contribution < -0.4 is 5.73 Å². The smallest absolute Gasteiger partial charge is 0.466 e. The molecule has 57 heavy (non-hydrogen) atoms. The molecule has 0 spiro atoms. The van der Waals surface area contributed by atoms with E-state index >= 15 is 0 Å². The molecule has 3 unspecified atom stereocenters. The molecule has 0 aliphatic carbocycles. The first-order valence-corrected chi connectivity index (χ1v) is 23.4. The summed E-state index contributed by atoms with van der Waals surface area (Å²) in [6.07, 6.45) is 33.5. The number of phosphoric ester groups is 1. The highest BCUT2D eigenvalue weighted by Gasteiger charge is 2.36. The van der Waals surface area contributed by atoms with E-state index in [9.17, 15) is 19.0 Å². The van der Waals surface area contributed by atoms with E-state index in [4.69, 9.17) is 33.4 Å². The summed E-state index contributed by atoms with van der Waals surface area (Å²) in [5, 5.41) is 0. The van der Waals surface area contributed by atoms with Crippen molar-refractivity contribution in [2.45, 2.75) is 187 Å². The topological polar surface area (TPSA) is 160 Å². The SMILES string of the molecule is CCCCCC1OC1C/C=C\C/C=C\C/C=C\CCCC(=O)O[C@H](COC(=O)CCCCCCCCCCc1oc(CCC)c(C)c1C)COP(=O)(O)OCCN. The van der Waals surface area contributed by atoms with Crippen LogP contribution >= 0.6 is 7.82 Å². The molecule has 2 heterocycles. The van der Waals surface area contributed by atoms with E-state index in [0.29, 0.717) is 31.5 Å². The number of hydrogen-bond acceptors (Lipinski definition) is 10. The number of ether oxygens (including phenoxy) is 3. The van der Waals surface area contributed by atoms with Crippen LogP contribution in [-0.4, -0.2) is 61.5 Å². The molecule has 0 aromatic carbocycles. The van der Waals surface area contributed by atoms with Crippen molar-refractivity contribution in [2.75, 3.05) is 26.4 Å². The van der Waals surface area contributed by atoms with Gasteiger partial charge in [0.2, 0.25) is 0 Å². The number of aryl methyl sites for hydroxylation is 2. The first-order chi connectivity index (χ1) is 27.6. The summed E-state index contributed by atoms with van der Waals surface area (Å²) in [6.45, 7) is 7.84. The summed E-state index contributed by atoms with van der Waals surface area (Å²) in [5.41, 5.74) is 7.97. The van der Waals surface area contributed by atoms with Crippen molar-refractivity contribution < 1.29 is 46.7 Å². The molecule has 0 radical (unpaired) electrons. The molecule has 1 aromatic rings. The Morgan fingerprint density at radius 1 is 0.737 bits per heavy atom. The van der Waals surface area contributed by atoms with E-state index in [-0.39, 0.29) is 32.6 Å². The van der Waals surface area contributed by atoms with Gasteiger partial charge in [-0.25, -0.2) is 4.57 Å². The lowest BCUT2D eigenvalue weighted by atomic mass is 10.0. The zero-order valence-electron chi connectivity index (χ0n) is 35.7. The fraction of sp³-hybridized carbons (Fsp3) is 0.733. The van der Waals surface area contributed by atoms with E-state index in [2.05, 4.69) is 58.1 Å². The summed E-state index contributed by atoms with van der Waals surface area (Å²) in [6, 6.07) is 0. The van der Waals surface area contributed by atoms with Gasteiger partial charge in [-0.15, -0.1) is 0 Å². The molecule has 0 saturated carbocycles. The maximum Gasteiger partial charge on any atom is 0.472 e. The number of carbonyl (C=O) groups is 2. The largest absolute Gasteiger partial charge is 0.472 e. The van der Waals surface area contributed by atoms with Crippen LogP contribution in [-0.2, 0) is 50.3 Å². The molecule has 0 bridgehead atoms. The molecule has 2 rings (SSSR count). The third kappa shape index (κ3) is 24.9. The maximum absolute atomic E-state index is 12.6. The number of rotatable bonds is 36. The van der Waals surface area contributed by atoms with Gasteiger partial charge in [0.15, 0.2) is 6.10 Å². The first-order valence-electron chi connectivity index (χ1n) is 21.9. The molecule has 12 heteroatoms. The van der Waals surface area contributed by atoms with Crippen LogP contribution in [0.4, 0.5) is 0 Å². The van der Waals surface area contributed by atoms with Crippen molar-refractivity contribution in [1.82, 2.24) is 0 Å². The van der Waals surface area contributed by atoms with Crippen molar-refractivity contribution in [3.63, 3.8) is 0 Å². The van der Waals surface area contributed by atoms with E-state index in [0.717, 1.165) is 75.7 Å². The predicted octanol–water partition coefficient (Wildman–Crippen LogP) is 10.8. The van der Waals surface area contributed by atoms with Crippen LogP contribution in [0.25, 0.3) is 0 Å². The number of phosphoric acid groups is 1. The summed E-state index contributed by atoms with van der Waals surface area (Å²) < 4.78 is 44.6. The molecule has 1 saturated heterocycles. The highest BCUT2D eigenvalue weighted by molar-refractivity contribution is 7.47. The second-order valence-electron chi connectivity index (χ2n) is 15.2. The fourth-order valence-corrected chi connectivity index (χ4v) is 7.30. The van der Waals surface area contributed by atoms with Crippen molar-refractivity contribution in [3.8, 4) is 0 Å². The summed E-state index contributed by atoms with van der Waals surface area (Å²) in [7, 11) is -4.41. The van der Waals surface area contributed by atoms with Gasteiger partial charge < -0.3 is 29.3 Å². The van der Waals surface area contributed by atoms with Crippen LogP contribution in [0.1, 0.15) is 165 Å². The average molecular weight is 822 g/mol. The molecule has 1 aliphatic rings. The second kappa shape index (κ2) is 31.4. The molecule has 1 aromatic heterocycles. The highest BCUT2D eigenvalue weighted by atomic mass is 31.2. The number of carbonyl (C=O) groups excluding carboxylic acids is 2. The van der Waals surface area contributed by atoms with E-state index in [1.807, 2.05) is 6.08 Å². The van der Waals surface area contributed by atoms with Gasteiger partial charge in [-0.05, 0) is 82.8 Å². The Hall–Kier alpha value is -2.53. The Balaban J connectivity index is 1.58. The lowest BCUT2D eigenvalue weighted by Crippen LogP contribution is -2.29. The standard InChI is InChI=1S/C45H76NO10P/c1-5-7-22-29-42-43(56-42)30-24-19-15-10-8-9-11-17-21-26-32-45(48)54-39(36-53-57(49,50)52-34-33-46)35-51-44(47)31-25-20-16-13-12-14-18-23-28-41-38(4)37(3)40(55-41)27-6-2/h8,10-11,17,19,24,39,42-43H,5-7,9,12-16,18,20-23,25-36,46H2,1-4H3,(H,49,50)/b10-8-,17-11-,24-19-/t39-,42?,43?/m1/s1. The Kier molecular flexibility index (Phi) is 27.9. The van der Waals surface area contributed by atoms with Gasteiger partial charge in [0.25, 0.3) is 0 Å². The molecule has 11 nitrogen and oxygen atoms in total. The van der Waals surface area contributed by atoms with Gasteiger partial charge in [-0.3, -0.25) is 18.6 Å². The van der Waals surface area contributed by atoms with Gasteiger partial charge >= 0.3 is 19.8 Å². The van der Waals surface area contributed by atoms with Gasteiger partial charge in [0.1, 0.15) is 18.1 Å². The molecule has 326 valence electrons. The zero-order chi connectivity index (χ0) is 41.6. The van der Waals surface area contributed by atoms with Crippen LogP contribution in [0.3, 0.4) is 0 Å². The molecular formula is C45H76NO10P. The van der Waals surface area contributed by atoms with Crippen molar-refractivity contribution in [1.29, 1.82) is 0 Å². The quantitative estimate of drug-likeness (QED) is 0.0218. The maximum atomic E-state index is 12.6. The number of epoxide rings is 1. The number of esters is 2. The van der Waals surface area contributed by atoms with Crippen LogP contribution in [0.5, 0.6) is 0 Å². The molecule has 1 fully saturated rings. The number of furan rings is 1. The summed E-state index contributed by atoms with van der Waals surface area (Å²) in [4.78, 5) is 35.0. The normalized spacial score (nSPS) is 17.2. The monoisotopic (exact) mass is 822 g/mol.